The zero-order valence-electron chi connectivity index (χ0n) is 18.3. The lowest BCUT2D eigenvalue weighted by atomic mass is 10.3. The van der Waals surface area contributed by atoms with Crippen LogP contribution in [0.4, 0.5) is 5.69 Å². The van der Waals surface area contributed by atoms with Crippen LogP contribution >= 0.6 is 0 Å². The number of sulfonamides is 2. The average molecular weight is 497 g/mol. The molecule has 3 rings (SSSR count). The maximum atomic E-state index is 12.9. The minimum absolute atomic E-state index is 0.0291. The van der Waals surface area contributed by atoms with Crippen LogP contribution < -0.4 is 15.2 Å². The number of hydrogen-bond acceptors (Lipinski definition) is 7. The van der Waals surface area contributed by atoms with Crippen molar-refractivity contribution in [2.45, 2.75) is 23.1 Å². The molecule has 1 amide bonds. The lowest BCUT2D eigenvalue weighted by molar-refractivity contribution is -0.116. The molecular weight excluding hydrogens is 468 g/mol. The summed E-state index contributed by atoms with van der Waals surface area (Å²) in [7, 11) is -7.36. The van der Waals surface area contributed by atoms with Crippen molar-refractivity contribution in [2.75, 3.05) is 44.6 Å². The molecule has 180 valence electrons. The molecule has 3 N–H and O–H groups in total. The summed E-state index contributed by atoms with van der Waals surface area (Å²) in [4.78, 5) is 14.5. The molecule has 0 bridgehead atoms. The second kappa shape index (κ2) is 10.6. The quantitative estimate of drug-likeness (QED) is 0.529. The van der Waals surface area contributed by atoms with E-state index in [1.54, 1.807) is 24.3 Å². The predicted molar refractivity (Wildman–Crippen MR) is 124 cm³/mol. The lowest BCUT2D eigenvalue weighted by Gasteiger charge is -2.33. The molecule has 10 nitrogen and oxygen atoms in total. The number of nitrogens with zero attached hydrogens (tertiary/aromatic N) is 2. The number of anilines is 1. The number of nitrogens with one attached hydrogen (secondary N) is 1. The maximum Gasteiger partial charge on any atom is 0.243 e. The van der Waals surface area contributed by atoms with E-state index in [0.29, 0.717) is 50.8 Å². The van der Waals surface area contributed by atoms with Gasteiger partial charge in [0.05, 0.1) is 16.4 Å². The highest BCUT2D eigenvalue weighted by atomic mass is 32.2. The van der Waals surface area contributed by atoms with Crippen LogP contribution in [0.3, 0.4) is 0 Å². The minimum atomic E-state index is -3.78. The fourth-order valence-corrected chi connectivity index (χ4v) is 5.37. The Hall–Kier alpha value is -2.51. The number of benzene rings is 2. The van der Waals surface area contributed by atoms with Gasteiger partial charge in [0.2, 0.25) is 26.0 Å². The zero-order valence-corrected chi connectivity index (χ0v) is 19.9. The molecule has 1 heterocycles. The Kier molecular flexibility index (Phi) is 8.08. The number of rotatable bonds is 9. The molecule has 2 aromatic rings. The first-order valence-corrected chi connectivity index (χ1v) is 13.5. The van der Waals surface area contributed by atoms with Gasteiger partial charge in [-0.2, -0.15) is 4.31 Å². The monoisotopic (exact) mass is 496 g/mol. The van der Waals surface area contributed by atoms with Gasteiger partial charge in [-0.3, -0.25) is 4.79 Å². The molecule has 1 saturated heterocycles. The number of primary sulfonamides is 1. The van der Waals surface area contributed by atoms with Gasteiger partial charge in [-0.15, -0.1) is 0 Å². The molecule has 0 aromatic heterocycles. The van der Waals surface area contributed by atoms with Crippen molar-refractivity contribution in [1.82, 2.24) is 9.21 Å². The van der Waals surface area contributed by atoms with E-state index < -0.39 is 20.0 Å². The molecule has 33 heavy (non-hydrogen) atoms. The summed E-state index contributed by atoms with van der Waals surface area (Å²) in [6.07, 6.45) is 0.225. The van der Waals surface area contributed by atoms with Gasteiger partial charge in [-0.25, -0.2) is 22.0 Å². The van der Waals surface area contributed by atoms with Crippen LogP contribution in [0.1, 0.15) is 13.3 Å². The number of piperazine rings is 1. The summed E-state index contributed by atoms with van der Waals surface area (Å²) in [5.74, 6) is 0.405. The standard InChI is InChI=1S/C21H28N4O6S2/c1-2-31-18-5-9-20(10-6-18)33(29,30)25-15-13-24(14-16-25)12-11-21(26)23-17-3-7-19(8-4-17)32(22,27)28/h3-10H,2,11-16H2,1H3,(H,23,26)(H2,22,27,28). The van der Waals surface area contributed by atoms with E-state index in [2.05, 4.69) is 5.32 Å². The van der Waals surface area contributed by atoms with Crippen molar-refractivity contribution in [2.24, 2.45) is 5.14 Å². The van der Waals surface area contributed by atoms with Crippen LogP contribution in [0.2, 0.25) is 0 Å². The fourth-order valence-electron chi connectivity index (χ4n) is 3.43. The molecule has 0 saturated carbocycles. The van der Waals surface area contributed by atoms with E-state index in [4.69, 9.17) is 9.88 Å². The van der Waals surface area contributed by atoms with Crippen LogP contribution in [-0.2, 0) is 24.8 Å². The Labute approximate surface area is 194 Å². The predicted octanol–water partition coefficient (Wildman–Crippen LogP) is 1.07. The number of nitrogens with two attached hydrogens (primary N) is 1. The van der Waals surface area contributed by atoms with E-state index in [1.165, 1.54) is 28.6 Å². The van der Waals surface area contributed by atoms with Gasteiger partial charge < -0.3 is 15.0 Å². The van der Waals surface area contributed by atoms with Gasteiger partial charge in [0.25, 0.3) is 0 Å². The van der Waals surface area contributed by atoms with Gasteiger partial charge in [-0.1, -0.05) is 0 Å². The fraction of sp³-hybridized carbons (Fsp3) is 0.381. The van der Waals surface area contributed by atoms with E-state index >= 15 is 0 Å². The normalized spacial score (nSPS) is 15.8. The molecule has 1 aliphatic heterocycles. The second-order valence-electron chi connectivity index (χ2n) is 7.52. The summed E-state index contributed by atoms with van der Waals surface area (Å²) in [5, 5.41) is 7.77. The van der Waals surface area contributed by atoms with Crippen molar-refractivity contribution in [3.8, 4) is 5.75 Å². The molecule has 0 aliphatic carbocycles. The third-order valence-corrected chi connectivity index (χ3v) is 8.07. The summed E-state index contributed by atoms with van der Waals surface area (Å²) in [5.41, 5.74) is 0.471. The molecule has 0 spiro atoms. The first kappa shape index (κ1) is 25.1. The molecular formula is C21H28N4O6S2. The van der Waals surface area contributed by atoms with Crippen molar-refractivity contribution >= 4 is 31.6 Å². The molecule has 0 atom stereocenters. The van der Waals surface area contributed by atoms with E-state index in [1.807, 2.05) is 11.8 Å². The van der Waals surface area contributed by atoms with E-state index in [0.717, 1.165) is 0 Å². The number of carbonyl (C=O) groups is 1. The second-order valence-corrected chi connectivity index (χ2v) is 11.0. The Bertz CT molecular complexity index is 1160. The Morgan fingerprint density at radius 3 is 2.06 bits per heavy atom. The third kappa shape index (κ3) is 6.74. The van der Waals surface area contributed by atoms with Crippen LogP contribution in [0.5, 0.6) is 5.75 Å². The van der Waals surface area contributed by atoms with Crippen molar-refractivity contribution in [1.29, 1.82) is 0 Å². The molecule has 0 unspecified atom stereocenters. The smallest absolute Gasteiger partial charge is 0.243 e. The molecule has 0 radical (unpaired) electrons. The Morgan fingerprint density at radius 2 is 1.52 bits per heavy atom. The highest BCUT2D eigenvalue weighted by molar-refractivity contribution is 7.89. The van der Waals surface area contributed by atoms with Crippen LogP contribution in [-0.4, -0.2) is 71.3 Å². The van der Waals surface area contributed by atoms with Gasteiger partial charge in [0, 0.05) is 44.8 Å². The Balaban J connectivity index is 1.46. The molecule has 2 aromatic carbocycles. The van der Waals surface area contributed by atoms with E-state index in [-0.39, 0.29) is 22.1 Å². The SMILES string of the molecule is CCOc1ccc(S(=O)(=O)N2CCN(CCC(=O)Nc3ccc(S(N)(=O)=O)cc3)CC2)cc1. The maximum absolute atomic E-state index is 12.9. The summed E-state index contributed by atoms with van der Waals surface area (Å²) < 4.78 is 55.1. The van der Waals surface area contributed by atoms with Crippen LogP contribution in [0.15, 0.2) is 58.3 Å². The minimum Gasteiger partial charge on any atom is -0.494 e. The van der Waals surface area contributed by atoms with Crippen molar-refractivity contribution in [3.05, 3.63) is 48.5 Å². The highest BCUT2D eigenvalue weighted by Gasteiger charge is 2.28. The molecule has 1 aliphatic rings. The average Bonchev–Trinajstić information content (AvgIpc) is 2.78. The zero-order chi connectivity index (χ0) is 24.1. The topological polar surface area (TPSA) is 139 Å². The third-order valence-electron chi connectivity index (χ3n) is 5.23. The van der Waals surface area contributed by atoms with Gasteiger partial charge >= 0.3 is 0 Å². The summed E-state index contributed by atoms with van der Waals surface area (Å²) in [6, 6.07) is 12.0. The van der Waals surface area contributed by atoms with Gasteiger partial charge in [-0.05, 0) is 55.5 Å². The van der Waals surface area contributed by atoms with Crippen LogP contribution in [0, 0.1) is 0 Å². The Morgan fingerprint density at radius 1 is 0.939 bits per heavy atom. The molecule has 12 heteroatoms. The lowest BCUT2D eigenvalue weighted by Crippen LogP contribution is -2.49. The van der Waals surface area contributed by atoms with Crippen molar-refractivity contribution in [3.63, 3.8) is 0 Å². The molecule has 1 fully saturated rings. The first-order chi connectivity index (χ1) is 15.6. The summed E-state index contributed by atoms with van der Waals surface area (Å²) in [6.45, 7) is 4.58. The number of ether oxygens (including phenoxy) is 1. The number of carbonyl (C=O) groups excluding carboxylic acids is 1. The van der Waals surface area contributed by atoms with E-state index in [9.17, 15) is 21.6 Å². The van der Waals surface area contributed by atoms with Gasteiger partial charge in [0.1, 0.15) is 5.75 Å². The summed E-state index contributed by atoms with van der Waals surface area (Å²) >= 11 is 0. The number of amides is 1. The first-order valence-electron chi connectivity index (χ1n) is 10.5. The number of hydrogen-bond donors (Lipinski definition) is 2. The highest BCUT2D eigenvalue weighted by Crippen LogP contribution is 2.21. The largest absolute Gasteiger partial charge is 0.494 e. The van der Waals surface area contributed by atoms with Crippen LogP contribution in [0.25, 0.3) is 0 Å². The van der Waals surface area contributed by atoms with Crippen molar-refractivity contribution < 1.29 is 26.4 Å². The van der Waals surface area contributed by atoms with Gasteiger partial charge in [0.15, 0.2) is 0 Å².